The van der Waals surface area contributed by atoms with Gasteiger partial charge in [0, 0.05) is 5.57 Å². The molecule has 1 unspecified atom stereocenters. The molecule has 0 spiro atoms. The van der Waals surface area contributed by atoms with E-state index in [9.17, 15) is 22.7 Å². The van der Waals surface area contributed by atoms with Crippen LogP contribution < -0.4 is 0 Å². The third-order valence-corrected chi connectivity index (χ3v) is 3.38. The Morgan fingerprint density at radius 2 is 1.32 bits per heavy atom. The molecular weight excluding hydrogens is 296 g/mol. The summed E-state index contributed by atoms with van der Waals surface area (Å²) in [6, 6.07) is 13.6. The predicted molar refractivity (Wildman–Crippen MR) is 76.8 cm³/mol. The minimum atomic E-state index is -4.69. The summed E-state index contributed by atoms with van der Waals surface area (Å²) in [6.45, 7) is 3.10. The van der Waals surface area contributed by atoms with Crippen molar-refractivity contribution in [3.63, 3.8) is 0 Å². The molecule has 2 aromatic rings. The van der Waals surface area contributed by atoms with Crippen LogP contribution in [0, 0.1) is 0 Å². The number of halogens is 4. The van der Waals surface area contributed by atoms with E-state index in [-0.39, 0.29) is 11.1 Å². The first kappa shape index (κ1) is 16.2. The molecule has 2 aromatic carbocycles. The Morgan fingerprint density at radius 3 is 1.82 bits per heavy atom. The van der Waals surface area contributed by atoms with Crippen LogP contribution in [0.4, 0.5) is 17.6 Å². The van der Waals surface area contributed by atoms with Gasteiger partial charge in [-0.05, 0) is 11.1 Å². The van der Waals surface area contributed by atoms with Crippen LogP contribution in [0.15, 0.2) is 67.2 Å². The zero-order valence-corrected chi connectivity index (χ0v) is 11.5. The van der Waals surface area contributed by atoms with Crippen molar-refractivity contribution in [3.8, 4) is 0 Å². The minimum absolute atomic E-state index is 0.104. The summed E-state index contributed by atoms with van der Waals surface area (Å²) >= 11 is 0. The molecule has 0 aromatic heterocycles. The molecule has 5 heteroatoms. The summed E-state index contributed by atoms with van der Waals surface area (Å²) in [6.07, 6.45) is -2.64. The third-order valence-electron chi connectivity index (χ3n) is 3.38. The molecule has 116 valence electrons. The van der Waals surface area contributed by atoms with Gasteiger partial charge in [0.25, 0.3) is 0 Å². The van der Waals surface area contributed by atoms with Crippen molar-refractivity contribution in [1.82, 2.24) is 0 Å². The molecule has 22 heavy (non-hydrogen) atoms. The lowest BCUT2D eigenvalue weighted by atomic mass is 9.91. The molecule has 2 rings (SSSR count). The van der Waals surface area contributed by atoms with Crippen molar-refractivity contribution >= 4 is 5.57 Å². The molecule has 0 saturated carbocycles. The van der Waals surface area contributed by atoms with Gasteiger partial charge in [-0.2, -0.15) is 17.6 Å². The first-order valence-corrected chi connectivity index (χ1v) is 6.52. The fourth-order valence-corrected chi connectivity index (χ4v) is 2.04. The SMILES string of the molecule is C=C(c1ccccc1)C(F)(F)C(F)(F)C(O)c1ccccc1. The molecule has 0 aliphatic rings. The third kappa shape index (κ3) is 2.76. The number of allylic oxidation sites excluding steroid dienone is 1. The van der Waals surface area contributed by atoms with Crippen molar-refractivity contribution in [1.29, 1.82) is 0 Å². The van der Waals surface area contributed by atoms with Crippen molar-refractivity contribution in [2.24, 2.45) is 0 Å². The first-order valence-electron chi connectivity index (χ1n) is 6.52. The van der Waals surface area contributed by atoms with Crippen LogP contribution in [-0.2, 0) is 0 Å². The van der Waals surface area contributed by atoms with E-state index in [1.54, 1.807) is 6.07 Å². The van der Waals surface area contributed by atoms with Gasteiger partial charge in [-0.15, -0.1) is 0 Å². The second-order valence-corrected chi connectivity index (χ2v) is 4.86. The topological polar surface area (TPSA) is 20.2 Å². The lowest BCUT2D eigenvalue weighted by Gasteiger charge is -2.32. The fraction of sp³-hybridized carbons (Fsp3) is 0.176. The number of hydrogen-bond acceptors (Lipinski definition) is 1. The quantitative estimate of drug-likeness (QED) is 0.793. The van der Waals surface area contributed by atoms with Crippen LogP contribution in [0.25, 0.3) is 5.57 Å². The van der Waals surface area contributed by atoms with E-state index in [1.165, 1.54) is 54.6 Å². The summed E-state index contributed by atoms with van der Waals surface area (Å²) in [4.78, 5) is 0. The Morgan fingerprint density at radius 1 is 0.864 bits per heavy atom. The van der Waals surface area contributed by atoms with Gasteiger partial charge in [0.15, 0.2) is 0 Å². The van der Waals surface area contributed by atoms with Crippen LogP contribution in [0.5, 0.6) is 0 Å². The van der Waals surface area contributed by atoms with Crippen LogP contribution in [0.2, 0.25) is 0 Å². The van der Waals surface area contributed by atoms with Gasteiger partial charge in [0.1, 0.15) is 6.10 Å². The first-order chi connectivity index (χ1) is 10.3. The summed E-state index contributed by atoms with van der Waals surface area (Å²) in [5.41, 5.74) is -1.42. The van der Waals surface area contributed by atoms with Gasteiger partial charge in [0.2, 0.25) is 0 Å². The zero-order valence-electron chi connectivity index (χ0n) is 11.5. The molecule has 0 heterocycles. The molecule has 0 saturated heterocycles. The maximum atomic E-state index is 14.2. The highest BCUT2D eigenvalue weighted by Crippen LogP contribution is 2.49. The molecule has 0 bridgehead atoms. The number of aliphatic hydroxyl groups is 1. The highest BCUT2D eigenvalue weighted by molar-refractivity contribution is 5.70. The van der Waals surface area contributed by atoms with Gasteiger partial charge in [-0.25, -0.2) is 0 Å². The largest absolute Gasteiger partial charge is 0.382 e. The monoisotopic (exact) mass is 310 g/mol. The second-order valence-electron chi connectivity index (χ2n) is 4.86. The maximum absolute atomic E-state index is 14.2. The molecule has 0 amide bonds. The van der Waals surface area contributed by atoms with Gasteiger partial charge >= 0.3 is 11.8 Å². The molecular formula is C17H14F4O. The van der Waals surface area contributed by atoms with Crippen molar-refractivity contribution in [2.75, 3.05) is 0 Å². The zero-order chi connectivity index (χ0) is 16.4. The summed E-state index contributed by atoms with van der Waals surface area (Å²) < 4.78 is 56.7. The van der Waals surface area contributed by atoms with Crippen LogP contribution in [0.3, 0.4) is 0 Å². The van der Waals surface area contributed by atoms with Gasteiger partial charge < -0.3 is 5.11 Å². The molecule has 1 nitrogen and oxygen atoms in total. The van der Waals surface area contributed by atoms with E-state index in [0.29, 0.717) is 0 Å². The van der Waals surface area contributed by atoms with Crippen LogP contribution >= 0.6 is 0 Å². The lowest BCUT2D eigenvalue weighted by Crippen LogP contribution is -2.46. The Labute approximate surface area is 125 Å². The number of rotatable bonds is 5. The maximum Gasteiger partial charge on any atom is 0.343 e. The highest BCUT2D eigenvalue weighted by atomic mass is 19.3. The Bertz CT molecular complexity index is 638. The smallest absolute Gasteiger partial charge is 0.343 e. The minimum Gasteiger partial charge on any atom is -0.382 e. The average molecular weight is 310 g/mol. The van der Waals surface area contributed by atoms with E-state index >= 15 is 0 Å². The van der Waals surface area contributed by atoms with Gasteiger partial charge in [-0.1, -0.05) is 67.2 Å². The van der Waals surface area contributed by atoms with E-state index < -0.39 is 23.5 Å². The van der Waals surface area contributed by atoms with Crippen molar-refractivity contribution in [3.05, 3.63) is 78.4 Å². The van der Waals surface area contributed by atoms with Crippen molar-refractivity contribution in [2.45, 2.75) is 17.9 Å². The average Bonchev–Trinajstić information content (AvgIpc) is 2.54. The standard InChI is InChI=1S/C17H14F4O/c1-12(13-8-4-2-5-9-13)16(18,19)17(20,21)15(22)14-10-6-3-7-11-14/h2-11,15,22H,1H2. The fourth-order valence-electron chi connectivity index (χ4n) is 2.04. The van der Waals surface area contributed by atoms with Crippen LogP contribution in [-0.4, -0.2) is 17.0 Å². The number of hydrogen-bond donors (Lipinski definition) is 1. The normalized spacial score (nSPS) is 13.7. The Hall–Kier alpha value is -2.14. The summed E-state index contributed by atoms with van der Waals surface area (Å²) in [5.74, 6) is -9.29. The molecule has 0 fully saturated rings. The van der Waals surface area contributed by atoms with E-state index in [0.717, 1.165) is 0 Å². The number of aliphatic hydroxyl groups excluding tert-OH is 1. The van der Waals surface area contributed by atoms with Crippen molar-refractivity contribution < 1.29 is 22.7 Å². The van der Waals surface area contributed by atoms with E-state index in [1.807, 2.05) is 0 Å². The van der Waals surface area contributed by atoms with Gasteiger partial charge in [-0.3, -0.25) is 0 Å². The number of benzene rings is 2. The molecule has 0 radical (unpaired) electrons. The second kappa shape index (κ2) is 5.93. The predicted octanol–water partition coefficient (Wildman–Crippen LogP) is 4.70. The molecule has 0 aliphatic carbocycles. The number of alkyl halides is 4. The Kier molecular flexibility index (Phi) is 4.37. The summed E-state index contributed by atoms with van der Waals surface area (Å²) in [5, 5.41) is 9.71. The molecule has 0 aliphatic heterocycles. The summed E-state index contributed by atoms with van der Waals surface area (Å²) in [7, 11) is 0. The van der Waals surface area contributed by atoms with E-state index in [2.05, 4.69) is 6.58 Å². The highest BCUT2D eigenvalue weighted by Gasteiger charge is 2.62. The Balaban J connectivity index is 2.36. The van der Waals surface area contributed by atoms with Crippen LogP contribution in [0.1, 0.15) is 17.2 Å². The molecule has 1 N–H and O–H groups in total. The van der Waals surface area contributed by atoms with E-state index in [4.69, 9.17) is 0 Å². The molecule has 1 atom stereocenters. The van der Waals surface area contributed by atoms with Gasteiger partial charge in [0.05, 0.1) is 0 Å². The lowest BCUT2D eigenvalue weighted by molar-refractivity contribution is -0.227.